The molecular formula is C16H22O6. The summed E-state index contributed by atoms with van der Waals surface area (Å²) < 4.78 is 15.5. The zero-order valence-corrected chi connectivity index (χ0v) is 13.5. The number of ether oxygens (including phenoxy) is 3. The predicted molar refractivity (Wildman–Crippen MR) is 80.0 cm³/mol. The van der Waals surface area contributed by atoms with E-state index in [-0.39, 0.29) is 29.1 Å². The molecule has 1 N–H and O–H groups in total. The molecule has 22 heavy (non-hydrogen) atoms. The highest BCUT2D eigenvalue weighted by atomic mass is 16.7. The summed E-state index contributed by atoms with van der Waals surface area (Å²) in [7, 11) is 1.20. The minimum Gasteiger partial charge on any atom is -0.507 e. The lowest BCUT2D eigenvalue weighted by molar-refractivity contribution is -0.152. The first-order chi connectivity index (χ1) is 10.3. The molecule has 0 unspecified atom stereocenters. The summed E-state index contributed by atoms with van der Waals surface area (Å²) in [6, 6.07) is 3.94. The molecule has 0 atom stereocenters. The zero-order chi connectivity index (χ0) is 16.9. The van der Waals surface area contributed by atoms with Crippen molar-refractivity contribution >= 4 is 11.8 Å². The molecule has 1 aromatic carbocycles. The molecule has 6 nitrogen and oxygen atoms in total. The first-order valence-corrected chi connectivity index (χ1v) is 7.02. The number of rotatable bonds is 7. The third-order valence-electron chi connectivity index (χ3n) is 2.69. The molecule has 0 aromatic heterocycles. The highest BCUT2D eigenvalue weighted by Crippen LogP contribution is 2.21. The SMILES string of the molecule is COC(=O)c1cc(C(=O)C(OC(C)C)OC(C)C)ccc1O. The van der Waals surface area contributed by atoms with Crippen molar-refractivity contribution in [2.24, 2.45) is 0 Å². The van der Waals surface area contributed by atoms with Crippen LogP contribution in [-0.4, -0.2) is 42.5 Å². The van der Waals surface area contributed by atoms with Gasteiger partial charge in [0.15, 0.2) is 0 Å². The summed E-state index contributed by atoms with van der Waals surface area (Å²) in [5.41, 5.74) is 0.116. The van der Waals surface area contributed by atoms with E-state index in [2.05, 4.69) is 4.74 Å². The van der Waals surface area contributed by atoms with E-state index in [1.165, 1.54) is 25.3 Å². The monoisotopic (exact) mass is 310 g/mol. The van der Waals surface area contributed by atoms with Gasteiger partial charge in [-0.2, -0.15) is 0 Å². The average molecular weight is 310 g/mol. The second kappa shape index (κ2) is 7.91. The number of methoxy groups -OCH3 is 1. The van der Waals surface area contributed by atoms with Crippen LogP contribution in [0.1, 0.15) is 48.4 Å². The Balaban J connectivity index is 3.10. The van der Waals surface area contributed by atoms with Crippen molar-refractivity contribution in [3.63, 3.8) is 0 Å². The number of Topliss-reactive ketones (excluding diaryl/α,β-unsaturated/α-hetero) is 1. The van der Waals surface area contributed by atoms with Gasteiger partial charge in [-0.1, -0.05) is 0 Å². The Morgan fingerprint density at radius 2 is 1.59 bits per heavy atom. The number of phenols is 1. The van der Waals surface area contributed by atoms with Crippen molar-refractivity contribution in [3.05, 3.63) is 29.3 Å². The Kier molecular flexibility index (Phi) is 6.52. The van der Waals surface area contributed by atoms with Gasteiger partial charge in [0, 0.05) is 5.56 Å². The summed E-state index contributed by atoms with van der Waals surface area (Å²) >= 11 is 0. The van der Waals surface area contributed by atoms with E-state index < -0.39 is 18.0 Å². The molecule has 0 saturated carbocycles. The highest BCUT2D eigenvalue weighted by Gasteiger charge is 2.25. The maximum Gasteiger partial charge on any atom is 0.341 e. The molecule has 0 spiro atoms. The Bertz CT molecular complexity index is 525. The van der Waals surface area contributed by atoms with E-state index in [9.17, 15) is 14.7 Å². The first-order valence-electron chi connectivity index (χ1n) is 7.02. The molecule has 0 amide bonds. The molecule has 6 heteroatoms. The van der Waals surface area contributed by atoms with Crippen molar-refractivity contribution in [2.45, 2.75) is 46.2 Å². The smallest absolute Gasteiger partial charge is 0.341 e. The molecule has 122 valence electrons. The third kappa shape index (κ3) is 4.82. The van der Waals surface area contributed by atoms with E-state index in [1.54, 1.807) is 27.7 Å². The van der Waals surface area contributed by atoms with Crippen LogP contribution in [-0.2, 0) is 14.2 Å². The number of phenolic OH excluding ortho intramolecular Hbond substituents is 1. The van der Waals surface area contributed by atoms with Gasteiger partial charge in [0.25, 0.3) is 0 Å². The maximum atomic E-state index is 12.5. The molecule has 1 aromatic rings. The Labute approximate surface area is 130 Å². The highest BCUT2D eigenvalue weighted by molar-refractivity contribution is 6.02. The molecule has 1 rings (SSSR count). The van der Waals surface area contributed by atoms with Crippen molar-refractivity contribution < 1.29 is 28.9 Å². The van der Waals surface area contributed by atoms with Crippen molar-refractivity contribution in [1.82, 2.24) is 0 Å². The minimum absolute atomic E-state index is 0.0822. The molecule has 0 aliphatic rings. The molecule has 0 aliphatic carbocycles. The van der Waals surface area contributed by atoms with Crippen LogP contribution in [0.25, 0.3) is 0 Å². The van der Waals surface area contributed by atoms with Crippen LogP contribution >= 0.6 is 0 Å². The standard InChI is InChI=1S/C16H22O6/c1-9(2)21-16(22-10(3)4)14(18)11-6-7-13(17)12(8-11)15(19)20-5/h6-10,16-17H,1-5H3. The lowest BCUT2D eigenvalue weighted by atomic mass is 10.1. The summed E-state index contributed by atoms with van der Waals surface area (Å²) in [4.78, 5) is 24.1. The van der Waals surface area contributed by atoms with E-state index in [0.717, 1.165) is 0 Å². The van der Waals surface area contributed by atoms with Crippen LogP contribution in [0.5, 0.6) is 5.75 Å². The van der Waals surface area contributed by atoms with Gasteiger partial charge in [0.2, 0.25) is 12.1 Å². The summed E-state index contributed by atoms with van der Waals surface area (Å²) in [5, 5.41) is 9.67. The number of carbonyl (C=O) groups excluding carboxylic acids is 2. The van der Waals surface area contributed by atoms with Gasteiger partial charge >= 0.3 is 5.97 Å². The quantitative estimate of drug-likeness (QED) is 0.473. The van der Waals surface area contributed by atoms with E-state index in [1.807, 2.05) is 0 Å². The van der Waals surface area contributed by atoms with Crippen molar-refractivity contribution in [2.75, 3.05) is 7.11 Å². The van der Waals surface area contributed by atoms with Crippen molar-refractivity contribution in [1.29, 1.82) is 0 Å². The van der Waals surface area contributed by atoms with Crippen LogP contribution < -0.4 is 0 Å². The largest absolute Gasteiger partial charge is 0.507 e. The summed E-state index contributed by atoms with van der Waals surface area (Å²) in [6.07, 6.45) is -1.48. The second-order valence-corrected chi connectivity index (χ2v) is 5.29. The van der Waals surface area contributed by atoms with Gasteiger partial charge in [-0.25, -0.2) is 4.79 Å². The topological polar surface area (TPSA) is 82.1 Å². The second-order valence-electron chi connectivity index (χ2n) is 5.29. The van der Waals surface area contributed by atoms with Crippen LogP contribution in [0.2, 0.25) is 0 Å². The lowest BCUT2D eigenvalue weighted by Crippen LogP contribution is -2.32. The molecule has 0 radical (unpaired) electrons. The number of hydrogen-bond acceptors (Lipinski definition) is 6. The normalized spacial score (nSPS) is 11.3. The number of benzene rings is 1. The number of carbonyl (C=O) groups is 2. The van der Waals surface area contributed by atoms with Crippen LogP contribution in [0, 0.1) is 0 Å². The number of esters is 1. The van der Waals surface area contributed by atoms with Gasteiger partial charge in [-0.3, -0.25) is 4.79 Å². The zero-order valence-electron chi connectivity index (χ0n) is 13.5. The average Bonchev–Trinajstić information content (AvgIpc) is 2.44. The fourth-order valence-electron chi connectivity index (χ4n) is 1.75. The number of ketones is 1. The number of aromatic hydroxyl groups is 1. The number of hydrogen-bond donors (Lipinski definition) is 1. The van der Waals surface area contributed by atoms with Crippen molar-refractivity contribution in [3.8, 4) is 5.75 Å². The van der Waals surface area contributed by atoms with Crippen LogP contribution in [0.15, 0.2) is 18.2 Å². The fourth-order valence-corrected chi connectivity index (χ4v) is 1.75. The van der Waals surface area contributed by atoms with Gasteiger partial charge < -0.3 is 19.3 Å². The first kappa shape index (κ1) is 18.1. The van der Waals surface area contributed by atoms with Crippen LogP contribution in [0.3, 0.4) is 0 Å². The van der Waals surface area contributed by atoms with Gasteiger partial charge in [0.05, 0.1) is 19.3 Å². The minimum atomic E-state index is -1.07. The van der Waals surface area contributed by atoms with Gasteiger partial charge in [0.1, 0.15) is 11.3 Å². The third-order valence-corrected chi connectivity index (χ3v) is 2.69. The summed E-state index contributed by atoms with van der Waals surface area (Å²) in [5.74, 6) is -1.40. The fraction of sp³-hybridized carbons (Fsp3) is 0.500. The Morgan fingerprint density at radius 3 is 2.05 bits per heavy atom. The molecule has 0 heterocycles. The van der Waals surface area contributed by atoms with E-state index in [4.69, 9.17) is 9.47 Å². The summed E-state index contributed by atoms with van der Waals surface area (Å²) in [6.45, 7) is 7.17. The molecule has 0 aliphatic heterocycles. The van der Waals surface area contributed by atoms with E-state index >= 15 is 0 Å². The molecule has 0 saturated heterocycles. The molecule has 0 bridgehead atoms. The lowest BCUT2D eigenvalue weighted by Gasteiger charge is -2.22. The molecule has 0 fully saturated rings. The Hall–Kier alpha value is -1.92. The van der Waals surface area contributed by atoms with Crippen LogP contribution in [0.4, 0.5) is 0 Å². The predicted octanol–water partition coefficient (Wildman–Crippen LogP) is 2.54. The van der Waals surface area contributed by atoms with E-state index in [0.29, 0.717) is 0 Å². The van der Waals surface area contributed by atoms with Gasteiger partial charge in [-0.15, -0.1) is 0 Å². The maximum absolute atomic E-state index is 12.5. The molecular weight excluding hydrogens is 288 g/mol. The Morgan fingerprint density at radius 1 is 1.05 bits per heavy atom. The van der Waals surface area contributed by atoms with Gasteiger partial charge in [-0.05, 0) is 45.9 Å².